The summed E-state index contributed by atoms with van der Waals surface area (Å²) < 4.78 is 35.6. The Morgan fingerprint density at radius 3 is 2.40 bits per heavy atom. The average Bonchev–Trinajstić information content (AvgIpc) is 2.93. The number of sulfonamides is 1. The number of aliphatic hydroxyl groups is 1. The molecule has 2 aromatic heterocycles. The first-order chi connectivity index (χ1) is 19.9. The van der Waals surface area contributed by atoms with Gasteiger partial charge in [-0.15, -0.1) is 0 Å². The lowest BCUT2D eigenvalue weighted by molar-refractivity contribution is 0.0156. The third-order valence-corrected chi connectivity index (χ3v) is 8.17. The number of ether oxygens (including phenoxy) is 1. The number of fused-ring (bicyclic) bond motifs is 4. The normalized spacial score (nSPS) is 16.8. The summed E-state index contributed by atoms with van der Waals surface area (Å²) in [7, 11) is -4.19. The number of amides is 1. The molecule has 3 heterocycles. The van der Waals surface area contributed by atoms with Crippen LogP contribution in [0.3, 0.4) is 0 Å². The maximum absolute atomic E-state index is 14.0. The highest BCUT2D eigenvalue weighted by molar-refractivity contribution is 7.92. The summed E-state index contributed by atoms with van der Waals surface area (Å²) in [4.78, 5) is 32.8. The van der Waals surface area contributed by atoms with Gasteiger partial charge >= 0.3 is 0 Å². The Morgan fingerprint density at radius 2 is 1.71 bits per heavy atom. The maximum Gasteiger partial charge on any atom is 0.264 e. The average molecular weight is 589 g/mol. The van der Waals surface area contributed by atoms with Gasteiger partial charge in [0, 0.05) is 29.6 Å². The fourth-order valence-corrected chi connectivity index (χ4v) is 5.97. The van der Waals surface area contributed by atoms with Crippen LogP contribution in [-0.2, 0) is 16.6 Å². The van der Waals surface area contributed by atoms with Crippen molar-refractivity contribution in [1.82, 2.24) is 24.8 Å². The van der Waals surface area contributed by atoms with Gasteiger partial charge in [-0.3, -0.25) is 4.79 Å². The summed E-state index contributed by atoms with van der Waals surface area (Å²) in [5, 5.41) is 10.8. The number of aryl methyl sites for hydroxylation is 2. The predicted octanol–water partition coefficient (Wildman–Crippen LogP) is 3.92. The minimum Gasteiger partial charge on any atom is -0.475 e. The lowest BCUT2D eigenvalue weighted by atomic mass is 9.97. The lowest BCUT2D eigenvalue weighted by Crippen LogP contribution is -2.47. The van der Waals surface area contributed by atoms with Crippen molar-refractivity contribution in [1.29, 1.82) is 0 Å². The van der Waals surface area contributed by atoms with E-state index >= 15 is 0 Å². The van der Waals surface area contributed by atoms with Crippen molar-refractivity contribution in [2.45, 2.75) is 57.2 Å². The van der Waals surface area contributed by atoms with Gasteiger partial charge in [-0.1, -0.05) is 24.3 Å². The molecule has 2 N–H and O–H groups in total. The van der Waals surface area contributed by atoms with E-state index in [1.165, 1.54) is 29.2 Å². The highest BCUT2D eigenvalue weighted by atomic mass is 32.2. The van der Waals surface area contributed by atoms with Gasteiger partial charge in [0.25, 0.3) is 15.9 Å². The summed E-state index contributed by atoms with van der Waals surface area (Å²) in [6.07, 6.45) is 3.29. The summed E-state index contributed by atoms with van der Waals surface area (Å²) in [5.74, 6) is -0.154. The van der Waals surface area contributed by atoms with E-state index in [1.807, 2.05) is 32.0 Å². The number of hydrogen-bond donors (Lipinski definition) is 2. The van der Waals surface area contributed by atoms with Crippen LogP contribution < -0.4 is 9.46 Å². The molecule has 0 unspecified atom stereocenters. The van der Waals surface area contributed by atoms with E-state index in [2.05, 4.69) is 24.7 Å². The molecule has 218 valence electrons. The number of carbonyl (C=O) groups excluding carboxylic acids is 1. The van der Waals surface area contributed by atoms with Gasteiger partial charge in [0.2, 0.25) is 11.8 Å². The summed E-state index contributed by atoms with van der Waals surface area (Å²) in [6, 6.07) is 14.2. The number of rotatable bonds is 5. The lowest BCUT2D eigenvalue weighted by Gasteiger charge is -2.34. The van der Waals surface area contributed by atoms with Gasteiger partial charge < -0.3 is 14.7 Å². The molecule has 0 aliphatic carbocycles. The number of hydrogen-bond acceptors (Lipinski definition) is 9. The third kappa shape index (κ3) is 6.55. The van der Waals surface area contributed by atoms with Crippen LogP contribution in [0.4, 0.5) is 5.95 Å². The number of benzene rings is 2. The molecular weight excluding hydrogens is 556 g/mol. The van der Waals surface area contributed by atoms with Crippen LogP contribution in [0, 0.1) is 13.8 Å². The predicted molar refractivity (Wildman–Crippen MR) is 156 cm³/mol. The molecule has 1 aliphatic rings. The van der Waals surface area contributed by atoms with Crippen molar-refractivity contribution in [3.63, 3.8) is 0 Å². The molecule has 0 fully saturated rings. The second kappa shape index (κ2) is 11.5. The Kier molecular flexibility index (Phi) is 7.93. The van der Waals surface area contributed by atoms with E-state index in [0.29, 0.717) is 11.5 Å². The van der Waals surface area contributed by atoms with Crippen LogP contribution in [0.1, 0.15) is 47.6 Å². The molecule has 42 heavy (non-hydrogen) atoms. The van der Waals surface area contributed by atoms with E-state index < -0.39 is 27.6 Å². The Labute approximate surface area is 244 Å². The fourth-order valence-electron chi connectivity index (χ4n) is 4.98. The van der Waals surface area contributed by atoms with E-state index in [-0.39, 0.29) is 41.9 Å². The molecule has 5 rings (SSSR count). The van der Waals surface area contributed by atoms with Crippen LogP contribution in [0.5, 0.6) is 5.88 Å². The first-order valence-corrected chi connectivity index (χ1v) is 14.9. The zero-order valence-corrected chi connectivity index (χ0v) is 24.6. The van der Waals surface area contributed by atoms with Gasteiger partial charge in [-0.05, 0) is 69.5 Å². The third-order valence-electron chi connectivity index (χ3n) is 6.85. The van der Waals surface area contributed by atoms with Crippen LogP contribution in [0.15, 0.2) is 71.9 Å². The Morgan fingerprint density at radius 1 is 1.02 bits per heavy atom. The number of anilines is 1. The van der Waals surface area contributed by atoms with Crippen molar-refractivity contribution in [2.75, 3.05) is 11.3 Å². The summed E-state index contributed by atoms with van der Waals surface area (Å²) in [6.45, 7) is 7.12. The first-order valence-electron chi connectivity index (χ1n) is 13.4. The van der Waals surface area contributed by atoms with Crippen LogP contribution in [0.25, 0.3) is 11.3 Å². The van der Waals surface area contributed by atoms with Crippen LogP contribution in [-0.4, -0.2) is 62.5 Å². The van der Waals surface area contributed by atoms with Crippen molar-refractivity contribution in [3.05, 3.63) is 89.5 Å². The topological polar surface area (TPSA) is 148 Å². The molecule has 11 nitrogen and oxygen atoms in total. The Hall–Kier alpha value is -4.42. The van der Waals surface area contributed by atoms with E-state index in [9.17, 15) is 18.3 Å². The molecule has 0 radical (unpaired) electrons. The minimum atomic E-state index is -4.19. The molecule has 2 aromatic carbocycles. The van der Waals surface area contributed by atoms with Gasteiger partial charge in [0.15, 0.2) is 0 Å². The number of nitrogens with zero attached hydrogens (tertiary/aromatic N) is 5. The highest BCUT2D eigenvalue weighted by Gasteiger charge is 2.32. The van der Waals surface area contributed by atoms with E-state index in [4.69, 9.17) is 4.74 Å². The van der Waals surface area contributed by atoms with Gasteiger partial charge in [-0.2, -0.15) is 4.98 Å². The van der Waals surface area contributed by atoms with Gasteiger partial charge in [-0.25, -0.2) is 28.1 Å². The maximum atomic E-state index is 14.0. The number of nitrogens with one attached hydrogen (secondary N) is 1. The Balaban J connectivity index is 1.68. The summed E-state index contributed by atoms with van der Waals surface area (Å²) >= 11 is 0. The molecule has 1 atom stereocenters. The quantitative estimate of drug-likeness (QED) is 0.354. The van der Waals surface area contributed by atoms with Crippen molar-refractivity contribution in [2.24, 2.45) is 0 Å². The van der Waals surface area contributed by atoms with Crippen LogP contribution in [0.2, 0.25) is 0 Å². The molecular formula is C30H32N6O5S. The molecule has 0 saturated heterocycles. The molecule has 0 spiro atoms. The number of carbonyl (C=O) groups is 1. The molecule has 12 heteroatoms. The minimum absolute atomic E-state index is 0.00167. The van der Waals surface area contributed by atoms with Gasteiger partial charge in [0.1, 0.15) is 12.4 Å². The van der Waals surface area contributed by atoms with Crippen molar-refractivity contribution in [3.8, 4) is 17.1 Å². The second-order valence-corrected chi connectivity index (χ2v) is 12.6. The Bertz CT molecular complexity index is 1700. The largest absolute Gasteiger partial charge is 0.475 e. The molecule has 1 amide bonds. The number of aromatic nitrogens is 4. The van der Waals surface area contributed by atoms with Crippen molar-refractivity contribution < 1.29 is 23.1 Å². The van der Waals surface area contributed by atoms with Crippen LogP contribution >= 0.6 is 0 Å². The molecule has 4 bridgehead atoms. The standard InChI is InChI=1S/C30H32N6O5S/c1-19-8-5-9-20(2)27(19)24-15-26-34-29(33-24)35-42(39,40)23-11-6-10-21(14-23)28(37)36(17-25-31-12-7-13-32-25)22(18-41-26)16-30(3,4)38/h5-15,22,38H,16-18H2,1-4H3,(H,33,34,35)/t22-/m1/s1. The molecule has 0 saturated carbocycles. The van der Waals surface area contributed by atoms with E-state index in [1.54, 1.807) is 38.4 Å². The molecule has 1 aliphatic heterocycles. The van der Waals surface area contributed by atoms with Gasteiger partial charge in [0.05, 0.1) is 28.8 Å². The zero-order chi connectivity index (χ0) is 30.1. The van der Waals surface area contributed by atoms with Crippen molar-refractivity contribution >= 4 is 21.9 Å². The van der Waals surface area contributed by atoms with E-state index in [0.717, 1.165) is 16.7 Å². The highest BCUT2D eigenvalue weighted by Crippen LogP contribution is 2.30. The SMILES string of the molecule is Cc1cccc(C)c1-c1cc2nc(n1)NS(=O)(=O)c1cccc(c1)C(=O)N(Cc1ncccn1)[C@H](CC(C)(C)O)CO2. The second-order valence-electron chi connectivity index (χ2n) is 10.9. The fraction of sp³-hybridized carbons (Fsp3) is 0.300. The smallest absolute Gasteiger partial charge is 0.264 e. The first kappa shape index (κ1) is 29.1. The molecule has 4 aromatic rings. The zero-order valence-electron chi connectivity index (χ0n) is 23.8. The summed E-state index contributed by atoms with van der Waals surface area (Å²) in [5.41, 5.74) is 2.14. The monoisotopic (exact) mass is 588 g/mol.